The van der Waals surface area contributed by atoms with Crippen LogP contribution in [-0.4, -0.2) is 10.1 Å². The number of pyridine rings is 1. The molecule has 0 aliphatic carbocycles. The molecule has 0 aliphatic heterocycles. The zero-order chi connectivity index (χ0) is 10.8. The second-order valence-electron chi connectivity index (χ2n) is 4.11. The second kappa shape index (κ2) is 3.99. The quantitative estimate of drug-likeness (QED) is 0.810. The average molecular weight is 201 g/mol. The van der Waals surface area contributed by atoms with Crippen LogP contribution in [0.4, 0.5) is 0 Å². The second-order valence-corrected chi connectivity index (χ2v) is 4.11. The summed E-state index contributed by atoms with van der Waals surface area (Å²) in [7, 11) is 0. The van der Waals surface area contributed by atoms with Gasteiger partial charge in [-0.25, -0.2) is 0 Å². The summed E-state index contributed by atoms with van der Waals surface area (Å²) in [5.41, 5.74) is 0.781. The molecular weight excluding hydrogens is 186 g/mol. The largest absolute Gasteiger partial charge is 0.387 e. The molecule has 2 rings (SSSR count). The number of aliphatic hydroxyl groups is 1. The first kappa shape index (κ1) is 10.1. The van der Waals surface area contributed by atoms with Gasteiger partial charge in [0.2, 0.25) is 0 Å². The van der Waals surface area contributed by atoms with Gasteiger partial charge >= 0.3 is 0 Å². The fraction of sp³-hybridized carbons (Fsp3) is 0.308. The van der Waals surface area contributed by atoms with Gasteiger partial charge in [0.15, 0.2) is 0 Å². The first-order chi connectivity index (χ1) is 7.20. The molecule has 1 aromatic heterocycles. The zero-order valence-electron chi connectivity index (χ0n) is 9.01. The van der Waals surface area contributed by atoms with E-state index in [0.29, 0.717) is 0 Å². The molecule has 0 fully saturated rings. The molecule has 0 bridgehead atoms. The van der Waals surface area contributed by atoms with Crippen molar-refractivity contribution in [2.24, 2.45) is 5.92 Å². The summed E-state index contributed by atoms with van der Waals surface area (Å²) in [6, 6.07) is 9.97. The van der Waals surface area contributed by atoms with Crippen LogP contribution in [0, 0.1) is 5.92 Å². The van der Waals surface area contributed by atoms with Gasteiger partial charge in [0.25, 0.3) is 0 Å². The van der Waals surface area contributed by atoms with Gasteiger partial charge in [-0.3, -0.25) is 4.98 Å². The van der Waals surface area contributed by atoms with Crippen molar-refractivity contribution < 1.29 is 5.11 Å². The van der Waals surface area contributed by atoms with E-state index in [1.54, 1.807) is 6.20 Å². The molecule has 2 heteroatoms. The number of nitrogens with zero attached hydrogens (tertiary/aromatic N) is 1. The lowest BCUT2D eigenvalue weighted by atomic mass is 9.99. The van der Waals surface area contributed by atoms with Crippen molar-refractivity contribution in [2.75, 3.05) is 0 Å². The van der Waals surface area contributed by atoms with Crippen molar-refractivity contribution in [1.29, 1.82) is 0 Å². The molecule has 2 nitrogen and oxygen atoms in total. The monoisotopic (exact) mass is 201 g/mol. The molecule has 0 radical (unpaired) electrons. The Morgan fingerprint density at radius 1 is 1.13 bits per heavy atom. The van der Waals surface area contributed by atoms with Gasteiger partial charge < -0.3 is 5.11 Å². The molecule has 78 valence electrons. The van der Waals surface area contributed by atoms with Crippen molar-refractivity contribution in [3.8, 4) is 0 Å². The number of fused-ring (bicyclic) bond motifs is 1. The maximum absolute atomic E-state index is 10.0. The molecule has 0 aliphatic rings. The predicted molar refractivity (Wildman–Crippen MR) is 61.5 cm³/mol. The van der Waals surface area contributed by atoms with Gasteiger partial charge in [-0.2, -0.15) is 0 Å². The Morgan fingerprint density at radius 3 is 2.60 bits per heavy atom. The molecule has 0 amide bonds. The zero-order valence-corrected chi connectivity index (χ0v) is 9.01. The summed E-state index contributed by atoms with van der Waals surface area (Å²) in [5, 5.41) is 12.2. The van der Waals surface area contributed by atoms with Crippen molar-refractivity contribution in [1.82, 2.24) is 4.98 Å². The molecule has 1 unspecified atom stereocenters. The number of benzene rings is 1. The predicted octanol–water partition coefficient (Wildman–Crippen LogP) is 2.92. The van der Waals surface area contributed by atoms with E-state index in [1.165, 1.54) is 0 Å². The lowest BCUT2D eigenvalue weighted by molar-refractivity contribution is 0.124. The lowest BCUT2D eigenvalue weighted by Crippen LogP contribution is -2.07. The molecule has 0 saturated heterocycles. The molecule has 0 spiro atoms. The van der Waals surface area contributed by atoms with Gasteiger partial charge in [0.05, 0.1) is 11.8 Å². The fourth-order valence-corrected chi connectivity index (χ4v) is 1.69. The van der Waals surface area contributed by atoms with E-state index >= 15 is 0 Å². The van der Waals surface area contributed by atoms with Crippen LogP contribution in [0.3, 0.4) is 0 Å². The van der Waals surface area contributed by atoms with Crippen LogP contribution >= 0.6 is 0 Å². The molecule has 0 saturated carbocycles. The Balaban J connectivity index is 2.60. The first-order valence-electron chi connectivity index (χ1n) is 5.22. The summed E-state index contributed by atoms with van der Waals surface area (Å²) in [5.74, 6) is 0.184. The van der Waals surface area contributed by atoms with Crippen molar-refractivity contribution in [3.63, 3.8) is 0 Å². The molecular formula is C13H15NO. The van der Waals surface area contributed by atoms with Gasteiger partial charge in [-0.1, -0.05) is 38.1 Å². The first-order valence-corrected chi connectivity index (χ1v) is 5.22. The number of aliphatic hydroxyl groups excluding tert-OH is 1. The van der Waals surface area contributed by atoms with Crippen molar-refractivity contribution >= 4 is 10.8 Å². The smallest absolute Gasteiger partial charge is 0.0988 e. The summed E-state index contributed by atoms with van der Waals surface area (Å²) >= 11 is 0. The van der Waals surface area contributed by atoms with Gasteiger partial charge in [-0.15, -0.1) is 0 Å². The number of hydrogen-bond donors (Lipinski definition) is 1. The summed E-state index contributed by atoms with van der Waals surface area (Å²) in [6.45, 7) is 3.99. The van der Waals surface area contributed by atoms with Crippen LogP contribution in [-0.2, 0) is 0 Å². The molecule has 1 atom stereocenters. The highest BCUT2D eigenvalue weighted by Gasteiger charge is 2.15. The fourth-order valence-electron chi connectivity index (χ4n) is 1.69. The van der Waals surface area contributed by atoms with E-state index in [0.717, 1.165) is 16.5 Å². The molecule has 1 N–H and O–H groups in total. The van der Waals surface area contributed by atoms with Crippen LogP contribution in [0.1, 0.15) is 25.6 Å². The Bertz CT molecular complexity index is 460. The van der Waals surface area contributed by atoms with Crippen molar-refractivity contribution in [3.05, 3.63) is 42.2 Å². The molecule has 1 heterocycles. The average Bonchev–Trinajstić information content (AvgIpc) is 2.27. The van der Waals surface area contributed by atoms with E-state index in [1.807, 2.05) is 44.2 Å². The van der Waals surface area contributed by atoms with Crippen LogP contribution < -0.4 is 0 Å². The number of aromatic nitrogens is 1. The normalized spacial score (nSPS) is 13.3. The third-order valence-corrected chi connectivity index (χ3v) is 2.62. The standard InChI is InChI=1S/C13H15NO/c1-9(2)13(15)12-11-6-4-3-5-10(11)7-8-14-12/h3-9,13,15H,1-2H3. The highest BCUT2D eigenvalue weighted by molar-refractivity contribution is 5.84. The topological polar surface area (TPSA) is 33.1 Å². The van der Waals surface area contributed by atoms with Gasteiger partial charge in [0, 0.05) is 11.6 Å². The minimum atomic E-state index is -0.490. The third kappa shape index (κ3) is 1.85. The highest BCUT2D eigenvalue weighted by Crippen LogP contribution is 2.26. The van der Waals surface area contributed by atoms with E-state index < -0.39 is 6.10 Å². The van der Waals surface area contributed by atoms with Crippen LogP contribution in [0.25, 0.3) is 10.8 Å². The molecule has 1 aromatic carbocycles. The minimum absolute atomic E-state index is 0.184. The maximum atomic E-state index is 10.0. The van der Waals surface area contributed by atoms with E-state index in [-0.39, 0.29) is 5.92 Å². The minimum Gasteiger partial charge on any atom is -0.387 e. The van der Waals surface area contributed by atoms with Gasteiger partial charge in [-0.05, 0) is 17.4 Å². The molecule has 15 heavy (non-hydrogen) atoms. The number of rotatable bonds is 2. The van der Waals surface area contributed by atoms with E-state index in [9.17, 15) is 5.11 Å². The summed E-state index contributed by atoms with van der Waals surface area (Å²) in [4.78, 5) is 4.28. The van der Waals surface area contributed by atoms with E-state index in [4.69, 9.17) is 0 Å². The SMILES string of the molecule is CC(C)C(O)c1nccc2ccccc12. The summed E-state index contributed by atoms with van der Waals surface area (Å²) < 4.78 is 0. The third-order valence-electron chi connectivity index (χ3n) is 2.62. The van der Waals surface area contributed by atoms with Crippen molar-refractivity contribution in [2.45, 2.75) is 20.0 Å². The summed E-state index contributed by atoms with van der Waals surface area (Å²) in [6.07, 6.45) is 1.26. The Kier molecular flexibility index (Phi) is 2.69. The van der Waals surface area contributed by atoms with E-state index in [2.05, 4.69) is 4.98 Å². The Morgan fingerprint density at radius 2 is 1.87 bits per heavy atom. The molecule has 2 aromatic rings. The Hall–Kier alpha value is -1.41. The maximum Gasteiger partial charge on any atom is 0.0988 e. The van der Waals surface area contributed by atoms with Crippen LogP contribution in [0.5, 0.6) is 0 Å². The number of hydrogen-bond acceptors (Lipinski definition) is 2. The van der Waals surface area contributed by atoms with Crippen LogP contribution in [0.2, 0.25) is 0 Å². The van der Waals surface area contributed by atoms with Crippen LogP contribution in [0.15, 0.2) is 36.5 Å². The van der Waals surface area contributed by atoms with Gasteiger partial charge in [0.1, 0.15) is 0 Å². The Labute approximate surface area is 89.6 Å². The highest BCUT2D eigenvalue weighted by atomic mass is 16.3. The lowest BCUT2D eigenvalue weighted by Gasteiger charge is -2.15.